The van der Waals surface area contributed by atoms with Crippen molar-refractivity contribution in [2.24, 2.45) is 5.41 Å². The summed E-state index contributed by atoms with van der Waals surface area (Å²) in [4.78, 5) is 0. The van der Waals surface area contributed by atoms with E-state index >= 15 is 0 Å². The first-order valence-corrected chi connectivity index (χ1v) is 5.13. The average molecular weight is 195 g/mol. The SMILES string of the molecule is Cc1ccc(C)n1C(CO)C(C)(C)C. The third kappa shape index (κ3) is 2.01. The number of rotatable bonds is 2. The summed E-state index contributed by atoms with van der Waals surface area (Å²) in [7, 11) is 0. The minimum atomic E-state index is 0.0866. The molecule has 0 spiro atoms. The molecule has 1 rings (SSSR count). The summed E-state index contributed by atoms with van der Waals surface area (Å²) in [5, 5.41) is 9.46. The fraction of sp³-hybridized carbons (Fsp3) is 0.667. The van der Waals surface area contributed by atoms with E-state index in [0.717, 1.165) is 0 Å². The Morgan fingerprint density at radius 1 is 1.21 bits per heavy atom. The van der Waals surface area contributed by atoms with Gasteiger partial charge in [-0.1, -0.05) is 20.8 Å². The van der Waals surface area contributed by atoms with E-state index < -0.39 is 0 Å². The number of hydrogen-bond acceptors (Lipinski definition) is 1. The van der Waals surface area contributed by atoms with Gasteiger partial charge >= 0.3 is 0 Å². The molecule has 1 heterocycles. The van der Waals surface area contributed by atoms with Crippen LogP contribution in [0.4, 0.5) is 0 Å². The van der Waals surface area contributed by atoms with Crippen molar-refractivity contribution in [1.82, 2.24) is 4.57 Å². The highest BCUT2D eigenvalue weighted by atomic mass is 16.3. The Morgan fingerprint density at radius 2 is 1.64 bits per heavy atom. The molecule has 0 aliphatic rings. The molecule has 14 heavy (non-hydrogen) atoms. The summed E-state index contributed by atoms with van der Waals surface area (Å²) in [5.74, 6) is 0. The van der Waals surface area contributed by atoms with Crippen LogP contribution in [0.3, 0.4) is 0 Å². The molecule has 0 saturated carbocycles. The Bertz CT molecular complexity index is 287. The number of aromatic nitrogens is 1. The minimum Gasteiger partial charge on any atom is -0.394 e. The zero-order valence-electron chi connectivity index (χ0n) is 9.83. The lowest BCUT2D eigenvalue weighted by molar-refractivity contribution is 0.134. The maximum Gasteiger partial charge on any atom is 0.0644 e. The van der Waals surface area contributed by atoms with Gasteiger partial charge in [0.05, 0.1) is 12.6 Å². The molecule has 80 valence electrons. The van der Waals surface area contributed by atoms with E-state index in [-0.39, 0.29) is 18.1 Å². The summed E-state index contributed by atoms with van der Waals surface area (Å²) in [5.41, 5.74) is 2.52. The van der Waals surface area contributed by atoms with Crippen LogP contribution in [0.5, 0.6) is 0 Å². The highest BCUT2D eigenvalue weighted by Gasteiger charge is 2.26. The van der Waals surface area contributed by atoms with Gasteiger partial charge in [0.25, 0.3) is 0 Å². The normalized spacial score (nSPS) is 14.4. The Morgan fingerprint density at radius 3 is 1.93 bits per heavy atom. The molecule has 0 bridgehead atoms. The van der Waals surface area contributed by atoms with E-state index in [1.165, 1.54) is 11.4 Å². The van der Waals surface area contributed by atoms with Crippen LogP contribution >= 0.6 is 0 Å². The van der Waals surface area contributed by atoms with Crippen LogP contribution in [-0.2, 0) is 0 Å². The molecule has 1 unspecified atom stereocenters. The van der Waals surface area contributed by atoms with Gasteiger partial charge in [-0.05, 0) is 31.4 Å². The van der Waals surface area contributed by atoms with Crippen molar-refractivity contribution < 1.29 is 5.11 Å². The summed E-state index contributed by atoms with van der Waals surface area (Å²) in [6.07, 6.45) is 0. The van der Waals surface area contributed by atoms with Crippen molar-refractivity contribution in [1.29, 1.82) is 0 Å². The Kier molecular flexibility index (Phi) is 3.05. The van der Waals surface area contributed by atoms with Crippen LogP contribution in [0, 0.1) is 19.3 Å². The number of aliphatic hydroxyl groups is 1. The molecular weight excluding hydrogens is 174 g/mol. The topological polar surface area (TPSA) is 25.2 Å². The Hall–Kier alpha value is -0.760. The molecule has 0 aliphatic heterocycles. The van der Waals surface area contributed by atoms with E-state index in [2.05, 4.69) is 51.3 Å². The molecule has 0 saturated heterocycles. The molecule has 0 aliphatic carbocycles. The lowest BCUT2D eigenvalue weighted by Crippen LogP contribution is -2.28. The van der Waals surface area contributed by atoms with Crippen LogP contribution in [0.2, 0.25) is 0 Å². The maximum atomic E-state index is 9.46. The molecule has 0 fully saturated rings. The van der Waals surface area contributed by atoms with Gasteiger partial charge in [-0.25, -0.2) is 0 Å². The predicted molar refractivity (Wildman–Crippen MR) is 59.5 cm³/mol. The van der Waals surface area contributed by atoms with E-state index in [0.29, 0.717) is 0 Å². The van der Waals surface area contributed by atoms with Crippen LogP contribution in [0.15, 0.2) is 12.1 Å². The van der Waals surface area contributed by atoms with Crippen LogP contribution in [0.25, 0.3) is 0 Å². The monoisotopic (exact) mass is 195 g/mol. The van der Waals surface area contributed by atoms with Gasteiger partial charge < -0.3 is 9.67 Å². The fourth-order valence-electron chi connectivity index (χ4n) is 1.91. The average Bonchev–Trinajstić information content (AvgIpc) is 2.34. The number of nitrogens with zero attached hydrogens (tertiary/aromatic N) is 1. The van der Waals surface area contributed by atoms with Gasteiger partial charge in [0.1, 0.15) is 0 Å². The number of aliphatic hydroxyl groups excluding tert-OH is 1. The van der Waals surface area contributed by atoms with Gasteiger partial charge in [0, 0.05) is 11.4 Å². The fourth-order valence-corrected chi connectivity index (χ4v) is 1.91. The zero-order chi connectivity index (χ0) is 10.9. The van der Waals surface area contributed by atoms with Crippen molar-refractivity contribution in [2.75, 3.05) is 6.61 Å². The largest absolute Gasteiger partial charge is 0.394 e. The van der Waals surface area contributed by atoms with E-state index in [1.54, 1.807) is 0 Å². The molecule has 1 N–H and O–H groups in total. The zero-order valence-corrected chi connectivity index (χ0v) is 9.83. The summed E-state index contributed by atoms with van der Waals surface area (Å²) < 4.78 is 2.22. The van der Waals surface area contributed by atoms with Gasteiger partial charge in [-0.15, -0.1) is 0 Å². The third-order valence-corrected chi connectivity index (χ3v) is 2.81. The first-order chi connectivity index (χ1) is 6.38. The quantitative estimate of drug-likeness (QED) is 0.771. The minimum absolute atomic E-state index is 0.0866. The summed E-state index contributed by atoms with van der Waals surface area (Å²) >= 11 is 0. The summed E-state index contributed by atoms with van der Waals surface area (Å²) in [6, 6.07) is 4.37. The van der Waals surface area contributed by atoms with Gasteiger partial charge in [0.15, 0.2) is 0 Å². The molecule has 0 aromatic carbocycles. The molecule has 2 heteroatoms. The molecule has 1 aromatic heterocycles. The Balaban J connectivity index is 3.13. The second-order valence-electron chi connectivity index (χ2n) is 5.05. The predicted octanol–water partition coefficient (Wildman–Crippen LogP) is 2.68. The molecule has 0 radical (unpaired) electrons. The standard InChI is InChI=1S/C12H21NO/c1-9-6-7-10(2)13(9)11(8-14)12(3,4)5/h6-7,11,14H,8H2,1-5H3. The first-order valence-electron chi connectivity index (χ1n) is 5.13. The van der Waals surface area contributed by atoms with Crippen molar-refractivity contribution >= 4 is 0 Å². The van der Waals surface area contributed by atoms with Crippen molar-refractivity contribution in [3.8, 4) is 0 Å². The highest BCUT2D eigenvalue weighted by molar-refractivity contribution is 5.15. The highest BCUT2D eigenvalue weighted by Crippen LogP contribution is 2.32. The molecule has 1 atom stereocenters. The van der Waals surface area contributed by atoms with Crippen molar-refractivity contribution in [2.45, 2.75) is 40.7 Å². The molecule has 2 nitrogen and oxygen atoms in total. The lowest BCUT2D eigenvalue weighted by Gasteiger charge is -2.32. The van der Waals surface area contributed by atoms with Crippen LogP contribution in [0.1, 0.15) is 38.2 Å². The number of aryl methyl sites for hydroxylation is 2. The van der Waals surface area contributed by atoms with Gasteiger partial charge in [-0.2, -0.15) is 0 Å². The second-order valence-corrected chi connectivity index (χ2v) is 5.05. The number of hydrogen-bond donors (Lipinski definition) is 1. The van der Waals surface area contributed by atoms with Crippen molar-refractivity contribution in [3.63, 3.8) is 0 Å². The first kappa shape index (κ1) is 11.3. The molecule has 0 amide bonds. The van der Waals surface area contributed by atoms with Gasteiger partial charge in [-0.3, -0.25) is 0 Å². The molecule has 1 aromatic rings. The maximum absolute atomic E-state index is 9.46. The third-order valence-electron chi connectivity index (χ3n) is 2.81. The van der Waals surface area contributed by atoms with Crippen LogP contribution in [-0.4, -0.2) is 16.3 Å². The van der Waals surface area contributed by atoms with E-state index in [4.69, 9.17) is 0 Å². The van der Waals surface area contributed by atoms with E-state index in [9.17, 15) is 5.11 Å². The second kappa shape index (κ2) is 3.77. The lowest BCUT2D eigenvalue weighted by atomic mass is 9.87. The van der Waals surface area contributed by atoms with Crippen molar-refractivity contribution in [3.05, 3.63) is 23.5 Å². The smallest absolute Gasteiger partial charge is 0.0644 e. The Labute approximate surface area is 86.6 Å². The molecular formula is C12H21NO. The van der Waals surface area contributed by atoms with E-state index in [1.807, 2.05) is 0 Å². The summed E-state index contributed by atoms with van der Waals surface area (Å²) in [6.45, 7) is 10.8. The van der Waals surface area contributed by atoms with Crippen LogP contribution < -0.4 is 0 Å². The van der Waals surface area contributed by atoms with Gasteiger partial charge in [0.2, 0.25) is 0 Å².